The first kappa shape index (κ1) is 22.8. The van der Waals surface area contributed by atoms with Crippen molar-refractivity contribution >= 4 is 27.3 Å². The Hall–Kier alpha value is -3.83. The molecule has 0 radical (unpaired) electrons. The van der Waals surface area contributed by atoms with Gasteiger partial charge >= 0.3 is 0 Å². The minimum Gasteiger partial charge on any atom is -0.497 e. The van der Waals surface area contributed by atoms with Gasteiger partial charge in [0, 0.05) is 5.69 Å². The first-order valence-corrected chi connectivity index (χ1v) is 11.3. The van der Waals surface area contributed by atoms with Crippen molar-refractivity contribution in [1.82, 2.24) is 0 Å². The number of nitrogens with one attached hydrogen (secondary N) is 1. The van der Waals surface area contributed by atoms with Crippen LogP contribution in [-0.4, -0.2) is 28.0 Å². The molecular weight excluding hydrogens is 426 g/mol. The average Bonchev–Trinajstić information content (AvgIpc) is 2.79. The first-order chi connectivity index (χ1) is 15.3. The normalized spacial score (nSPS) is 10.8. The van der Waals surface area contributed by atoms with Crippen LogP contribution in [0.5, 0.6) is 5.75 Å². The van der Waals surface area contributed by atoms with Gasteiger partial charge in [0.15, 0.2) is 0 Å². The molecule has 0 aromatic heterocycles. The lowest BCUT2D eigenvalue weighted by atomic mass is 10.1. The Morgan fingerprint density at radius 1 is 1.00 bits per heavy atom. The van der Waals surface area contributed by atoms with Crippen LogP contribution in [0.3, 0.4) is 0 Å². The van der Waals surface area contributed by atoms with E-state index in [9.17, 15) is 13.2 Å². The Bertz CT molecular complexity index is 1210. The van der Waals surface area contributed by atoms with E-state index in [-0.39, 0.29) is 11.3 Å². The van der Waals surface area contributed by atoms with Gasteiger partial charge < -0.3 is 10.1 Å². The molecule has 1 amide bonds. The third-order valence-electron chi connectivity index (χ3n) is 4.78. The summed E-state index contributed by atoms with van der Waals surface area (Å²) >= 11 is 0. The lowest BCUT2D eigenvalue weighted by Crippen LogP contribution is -2.38. The summed E-state index contributed by atoms with van der Waals surface area (Å²) in [5, 5.41) is 11.5. The molecule has 3 rings (SSSR count). The van der Waals surface area contributed by atoms with E-state index >= 15 is 0 Å². The molecule has 0 spiro atoms. The first-order valence-electron chi connectivity index (χ1n) is 9.82. The van der Waals surface area contributed by atoms with Crippen LogP contribution in [0.1, 0.15) is 11.1 Å². The Labute approximate surface area is 187 Å². The zero-order chi connectivity index (χ0) is 23.1. The fourth-order valence-corrected chi connectivity index (χ4v) is 4.45. The molecule has 0 heterocycles. The number of hydrogen-bond acceptors (Lipinski definition) is 5. The van der Waals surface area contributed by atoms with Crippen LogP contribution < -0.4 is 14.4 Å². The van der Waals surface area contributed by atoms with Crippen molar-refractivity contribution in [2.45, 2.75) is 18.2 Å². The van der Waals surface area contributed by atoms with E-state index in [0.717, 1.165) is 15.4 Å². The summed E-state index contributed by atoms with van der Waals surface area (Å²) in [5.41, 5.74) is 2.61. The van der Waals surface area contributed by atoms with E-state index in [4.69, 9.17) is 10.00 Å². The molecule has 1 N–H and O–H groups in total. The molecule has 0 fully saturated rings. The number of benzene rings is 3. The number of carbonyl (C=O) groups is 1. The number of carbonyl (C=O) groups excluding carboxylic acids is 1. The Morgan fingerprint density at radius 3 is 2.19 bits per heavy atom. The highest BCUT2D eigenvalue weighted by molar-refractivity contribution is 7.92. The molecule has 0 atom stereocenters. The molecule has 0 bridgehead atoms. The van der Waals surface area contributed by atoms with E-state index in [1.807, 2.05) is 6.92 Å². The van der Waals surface area contributed by atoms with Gasteiger partial charge in [0.05, 0.1) is 30.2 Å². The van der Waals surface area contributed by atoms with Crippen molar-refractivity contribution in [3.63, 3.8) is 0 Å². The maximum Gasteiger partial charge on any atom is 0.264 e. The maximum atomic E-state index is 13.4. The van der Waals surface area contributed by atoms with Crippen LogP contribution in [0.4, 0.5) is 11.4 Å². The second kappa shape index (κ2) is 9.98. The van der Waals surface area contributed by atoms with Crippen molar-refractivity contribution < 1.29 is 17.9 Å². The van der Waals surface area contributed by atoms with Gasteiger partial charge in [0.1, 0.15) is 12.3 Å². The summed E-state index contributed by atoms with van der Waals surface area (Å²) in [4.78, 5) is 12.9. The van der Waals surface area contributed by atoms with E-state index in [2.05, 4.69) is 11.4 Å². The molecule has 0 saturated carbocycles. The van der Waals surface area contributed by atoms with E-state index < -0.39 is 22.5 Å². The fraction of sp³-hybridized carbons (Fsp3) is 0.167. The molecule has 8 heteroatoms. The Kier molecular flexibility index (Phi) is 7.13. The van der Waals surface area contributed by atoms with E-state index in [1.165, 1.54) is 19.2 Å². The molecule has 0 saturated heterocycles. The van der Waals surface area contributed by atoms with Gasteiger partial charge in [-0.25, -0.2) is 8.42 Å². The molecule has 0 aliphatic heterocycles. The smallest absolute Gasteiger partial charge is 0.264 e. The molecular formula is C24H23N3O4S. The number of ether oxygens (including phenoxy) is 1. The summed E-state index contributed by atoms with van der Waals surface area (Å²) in [6.45, 7) is 1.45. The molecule has 0 aliphatic carbocycles. The number of anilines is 2. The number of sulfonamides is 1. The van der Waals surface area contributed by atoms with Crippen LogP contribution in [0.25, 0.3) is 0 Å². The van der Waals surface area contributed by atoms with Crippen LogP contribution in [0.15, 0.2) is 77.7 Å². The van der Waals surface area contributed by atoms with Crippen molar-refractivity contribution in [2.24, 2.45) is 0 Å². The lowest BCUT2D eigenvalue weighted by molar-refractivity contribution is -0.114. The predicted molar refractivity (Wildman–Crippen MR) is 123 cm³/mol. The zero-order valence-electron chi connectivity index (χ0n) is 17.8. The number of nitriles is 1. The van der Waals surface area contributed by atoms with Crippen molar-refractivity contribution in [1.29, 1.82) is 5.26 Å². The van der Waals surface area contributed by atoms with Gasteiger partial charge in [0.25, 0.3) is 10.0 Å². The zero-order valence-corrected chi connectivity index (χ0v) is 18.6. The molecule has 0 aliphatic rings. The highest BCUT2D eigenvalue weighted by atomic mass is 32.2. The van der Waals surface area contributed by atoms with Crippen molar-refractivity contribution in [3.8, 4) is 11.8 Å². The van der Waals surface area contributed by atoms with Gasteiger partial charge in [-0.1, -0.05) is 29.8 Å². The number of aryl methyl sites for hydroxylation is 1. The number of nitrogens with zero attached hydrogens (tertiary/aromatic N) is 2. The van der Waals surface area contributed by atoms with Gasteiger partial charge in [-0.3, -0.25) is 9.10 Å². The van der Waals surface area contributed by atoms with Gasteiger partial charge in [0.2, 0.25) is 5.91 Å². The summed E-state index contributed by atoms with van der Waals surface area (Å²) in [6, 6.07) is 21.8. The topological polar surface area (TPSA) is 99.5 Å². The molecule has 7 nitrogen and oxygen atoms in total. The van der Waals surface area contributed by atoms with Crippen molar-refractivity contribution in [2.75, 3.05) is 23.3 Å². The maximum absolute atomic E-state index is 13.4. The van der Waals surface area contributed by atoms with Crippen LogP contribution in [0, 0.1) is 18.3 Å². The van der Waals surface area contributed by atoms with E-state index in [1.54, 1.807) is 60.7 Å². The molecule has 32 heavy (non-hydrogen) atoms. The summed E-state index contributed by atoms with van der Waals surface area (Å²) < 4.78 is 33.0. The van der Waals surface area contributed by atoms with Crippen LogP contribution >= 0.6 is 0 Å². The summed E-state index contributed by atoms with van der Waals surface area (Å²) in [7, 11) is -2.48. The fourth-order valence-electron chi connectivity index (χ4n) is 3.03. The SMILES string of the molecule is COc1ccc(N(CC(=O)Nc2ccc(CC#N)cc2)S(=O)(=O)c2ccc(C)cc2)cc1. The van der Waals surface area contributed by atoms with Gasteiger partial charge in [-0.05, 0) is 61.0 Å². The van der Waals surface area contributed by atoms with Crippen LogP contribution in [-0.2, 0) is 21.2 Å². The third kappa shape index (κ3) is 5.45. The second-order valence-corrected chi connectivity index (χ2v) is 8.97. The van der Waals surface area contributed by atoms with Crippen LogP contribution in [0.2, 0.25) is 0 Å². The largest absolute Gasteiger partial charge is 0.497 e. The lowest BCUT2D eigenvalue weighted by Gasteiger charge is -2.24. The molecule has 3 aromatic carbocycles. The summed E-state index contributed by atoms with van der Waals surface area (Å²) in [6.07, 6.45) is 0.272. The molecule has 164 valence electrons. The van der Waals surface area contributed by atoms with Crippen molar-refractivity contribution in [3.05, 3.63) is 83.9 Å². The number of hydrogen-bond donors (Lipinski definition) is 1. The molecule has 0 unspecified atom stereocenters. The van der Waals surface area contributed by atoms with Gasteiger partial charge in [-0.2, -0.15) is 5.26 Å². The standard InChI is InChI=1S/C24H23N3O4S/c1-18-3-13-23(14-4-18)32(29,30)27(21-9-11-22(31-2)12-10-21)17-24(28)26-20-7-5-19(6-8-20)15-16-25/h3-14H,15,17H2,1-2H3,(H,26,28). The molecule has 3 aromatic rings. The third-order valence-corrected chi connectivity index (χ3v) is 6.57. The number of rotatable bonds is 8. The Morgan fingerprint density at radius 2 is 1.62 bits per heavy atom. The summed E-state index contributed by atoms with van der Waals surface area (Å²) in [5.74, 6) is 0.0767. The minimum atomic E-state index is -4.00. The Balaban J connectivity index is 1.88. The monoisotopic (exact) mass is 449 g/mol. The van der Waals surface area contributed by atoms with Gasteiger partial charge in [-0.15, -0.1) is 0 Å². The highest BCUT2D eigenvalue weighted by Crippen LogP contribution is 2.26. The minimum absolute atomic E-state index is 0.0903. The quantitative estimate of drug-likeness (QED) is 0.562. The second-order valence-electron chi connectivity index (χ2n) is 7.10. The highest BCUT2D eigenvalue weighted by Gasteiger charge is 2.27. The average molecular weight is 450 g/mol. The predicted octanol–water partition coefficient (Wildman–Crippen LogP) is 3.90. The number of amides is 1. The van der Waals surface area contributed by atoms with E-state index in [0.29, 0.717) is 17.1 Å². The number of methoxy groups -OCH3 is 1.